The van der Waals surface area contributed by atoms with Crippen molar-refractivity contribution >= 4 is 5.91 Å². The maximum atomic E-state index is 12.6. The maximum absolute atomic E-state index is 12.6. The van der Waals surface area contributed by atoms with Gasteiger partial charge in [-0.2, -0.15) is 5.10 Å². The number of carbonyl (C=O) groups excluding carboxylic acids is 1. The molecule has 0 unspecified atom stereocenters. The molecule has 4 heterocycles. The van der Waals surface area contributed by atoms with E-state index in [4.69, 9.17) is 0 Å². The third kappa shape index (κ3) is 3.90. The molecular weight excluding hydrogens is 314 g/mol. The molecule has 3 aliphatic rings. The smallest absolute Gasteiger partial charge is 0.222 e. The van der Waals surface area contributed by atoms with Gasteiger partial charge in [-0.1, -0.05) is 0 Å². The molecule has 3 aliphatic heterocycles. The highest BCUT2D eigenvalue weighted by Gasteiger charge is 2.39. The molecule has 1 amide bonds. The Morgan fingerprint density at radius 3 is 2.84 bits per heavy atom. The van der Waals surface area contributed by atoms with Gasteiger partial charge >= 0.3 is 0 Å². The van der Waals surface area contributed by atoms with Crippen molar-refractivity contribution in [3.63, 3.8) is 0 Å². The Morgan fingerprint density at radius 2 is 2.08 bits per heavy atom. The number of amides is 1. The summed E-state index contributed by atoms with van der Waals surface area (Å²) in [5.41, 5.74) is 1.29. The van der Waals surface area contributed by atoms with Crippen molar-refractivity contribution in [2.45, 2.75) is 44.7 Å². The van der Waals surface area contributed by atoms with E-state index in [1.54, 1.807) is 0 Å². The Morgan fingerprint density at radius 1 is 1.24 bits per heavy atom. The van der Waals surface area contributed by atoms with Gasteiger partial charge in [-0.05, 0) is 50.6 Å². The van der Waals surface area contributed by atoms with E-state index in [0.29, 0.717) is 23.8 Å². The first-order valence-corrected chi connectivity index (χ1v) is 9.89. The fourth-order valence-electron chi connectivity index (χ4n) is 4.96. The zero-order valence-electron chi connectivity index (χ0n) is 15.4. The summed E-state index contributed by atoms with van der Waals surface area (Å²) in [5.74, 6) is 1.74. The zero-order valence-corrected chi connectivity index (χ0v) is 15.4. The summed E-state index contributed by atoms with van der Waals surface area (Å²) >= 11 is 0. The highest BCUT2D eigenvalue weighted by Crippen LogP contribution is 2.33. The first-order valence-electron chi connectivity index (χ1n) is 9.89. The van der Waals surface area contributed by atoms with Gasteiger partial charge < -0.3 is 10.2 Å². The van der Waals surface area contributed by atoms with Gasteiger partial charge in [0.05, 0.1) is 6.20 Å². The summed E-state index contributed by atoms with van der Waals surface area (Å²) in [4.78, 5) is 17.4. The van der Waals surface area contributed by atoms with E-state index in [9.17, 15) is 4.79 Å². The molecule has 0 saturated carbocycles. The molecule has 0 aromatic carbocycles. The second-order valence-electron chi connectivity index (χ2n) is 8.15. The number of rotatable bonds is 4. The predicted octanol–water partition coefficient (Wildman–Crippen LogP) is 1.23. The van der Waals surface area contributed by atoms with Crippen LogP contribution in [-0.2, 0) is 18.4 Å². The molecule has 1 aromatic rings. The maximum Gasteiger partial charge on any atom is 0.222 e. The van der Waals surface area contributed by atoms with E-state index >= 15 is 0 Å². The Hall–Kier alpha value is -1.40. The molecule has 1 aromatic heterocycles. The predicted molar refractivity (Wildman–Crippen MR) is 96.9 cm³/mol. The van der Waals surface area contributed by atoms with Crippen LogP contribution in [0.2, 0.25) is 0 Å². The standard InChI is InChI=1S/C19H31N5O/c1-22-11-16(10-21-22)12-23-9-6-18-17(14-23)2-3-19(25)24(18)13-15-4-7-20-8-5-15/h10-11,15,17-18,20H,2-9,12-14H2,1H3/t17-,18+/m0/s1. The first kappa shape index (κ1) is 17.0. The molecule has 4 rings (SSSR count). The Labute approximate surface area is 150 Å². The van der Waals surface area contributed by atoms with Gasteiger partial charge in [0.1, 0.15) is 0 Å². The number of nitrogens with zero attached hydrogens (tertiary/aromatic N) is 4. The van der Waals surface area contributed by atoms with E-state index in [2.05, 4.69) is 26.4 Å². The molecule has 2 atom stereocenters. The fraction of sp³-hybridized carbons (Fsp3) is 0.789. The van der Waals surface area contributed by atoms with Crippen LogP contribution in [0.3, 0.4) is 0 Å². The summed E-state index contributed by atoms with van der Waals surface area (Å²) in [6.07, 6.45) is 9.45. The van der Waals surface area contributed by atoms with Crippen LogP contribution in [0.25, 0.3) is 0 Å². The van der Waals surface area contributed by atoms with Gasteiger partial charge in [0, 0.05) is 57.4 Å². The Kier molecular flexibility index (Phi) is 5.08. The van der Waals surface area contributed by atoms with Crippen LogP contribution in [0.15, 0.2) is 12.4 Å². The van der Waals surface area contributed by atoms with Crippen LogP contribution in [0, 0.1) is 11.8 Å². The fourth-order valence-corrected chi connectivity index (χ4v) is 4.96. The normalized spacial score (nSPS) is 29.0. The Bertz CT molecular complexity index is 594. The molecule has 0 radical (unpaired) electrons. The van der Waals surface area contributed by atoms with E-state index in [1.165, 1.54) is 18.4 Å². The number of fused-ring (bicyclic) bond motifs is 1. The SMILES string of the molecule is Cn1cc(CN2CC[C@@H]3[C@@H](CCC(=O)N3CC3CCNCC3)C2)cn1. The van der Waals surface area contributed by atoms with Gasteiger partial charge in [-0.3, -0.25) is 14.4 Å². The average molecular weight is 345 g/mol. The third-order valence-corrected chi connectivity index (χ3v) is 6.31. The Balaban J connectivity index is 1.37. The monoisotopic (exact) mass is 345 g/mol. The van der Waals surface area contributed by atoms with Crippen molar-refractivity contribution in [1.29, 1.82) is 0 Å². The van der Waals surface area contributed by atoms with Gasteiger partial charge in [0.15, 0.2) is 0 Å². The number of hydrogen-bond acceptors (Lipinski definition) is 4. The van der Waals surface area contributed by atoms with Crippen LogP contribution in [0.4, 0.5) is 0 Å². The molecule has 6 nitrogen and oxygen atoms in total. The number of nitrogens with one attached hydrogen (secondary N) is 1. The molecule has 0 aliphatic carbocycles. The third-order valence-electron chi connectivity index (χ3n) is 6.31. The van der Waals surface area contributed by atoms with Crippen LogP contribution in [0.1, 0.15) is 37.7 Å². The summed E-state index contributed by atoms with van der Waals surface area (Å²) in [6, 6.07) is 0.473. The first-order chi connectivity index (χ1) is 12.2. The zero-order chi connectivity index (χ0) is 17.2. The lowest BCUT2D eigenvalue weighted by molar-refractivity contribution is -0.142. The number of aryl methyl sites for hydroxylation is 1. The van der Waals surface area contributed by atoms with Crippen molar-refractivity contribution in [2.24, 2.45) is 18.9 Å². The van der Waals surface area contributed by atoms with Crippen LogP contribution >= 0.6 is 0 Å². The lowest BCUT2D eigenvalue weighted by atomic mass is 9.82. The van der Waals surface area contributed by atoms with E-state index < -0.39 is 0 Å². The molecule has 0 bridgehead atoms. The number of likely N-dealkylation sites (tertiary alicyclic amines) is 2. The van der Waals surface area contributed by atoms with Crippen molar-refractivity contribution in [2.75, 3.05) is 32.7 Å². The summed E-state index contributed by atoms with van der Waals surface area (Å²) in [6.45, 7) is 6.41. The second-order valence-corrected chi connectivity index (χ2v) is 8.15. The molecule has 3 saturated heterocycles. The number of hydrogen-bond donors (Lipinski definition) is 1. The van der Waals surface area contributed by atoms with E-state index in [-0.39, 0.29) is 0 Å². The number of carbonyl (C=O) groups is 1. The molecule has 1 N–H and O–H groups in total. The van der Waals surface area contributed by atoms with Crippen LogP contribution < -0.4 is 5.32 Å². The molecular formula is C19H31N5O. The quantitative estimate of drug-likeness (QED) is 0.892. The highest BCUT2D eigenvalue weighted by molar-refractivity contribution is 5.77. The number of aromatic nitrogens is 2. The molecule has 0 spiro atoms. The lowest BCUT2D eigenvalue weighted by Crippen LogP contribution is -2.57. The molecule has 6 heteroatoms. The van der Waals surface area contributed by atoms with Gasteiger partial charge in [0.25, 0.3) is 0 Å². The van der Waals surface area contributed by atoms with Crippen molar-refractivity contribution < 1.29 is 4.79 Å². The summed E-state index contributed by atoms with van der Waals surface area (Å²) in [5, 5.41) is 7.72. The minimum absolute atomic E-state index is 0.403. The summed E-state index contributed by atoms with van der Waals surface area (Å²) in [7, 11) is 1.97. The molecule has 3 fully saturated rings. The van der Waals surface area contributed by atoms with Gasteiger partial charge in [-0.15, -0.1) is 0 Å². The topological polar surface area (TPSA) is 53.4 Å². The van der Waals surface area contributed by atoms with Crippen molar-refractivity contribution in [1.82, 2.24) is 24.9 Å². The molecule has 138 valence electrons. The largest absolute Gasteiger partial charge is 0.339 e. The second kappa shape index (κ2) is 7.46. The summed E-state index contributed by atoms with van der Waals surface area (Å²) < 4.78 is 1.88. The van der Waals surface area contributed by atoms with E-state index in [1.807, 2.05) is 17.9 Å². The molecule has 25 heavy (non-hydrogen) atoms. The minimum Gasteiger partial charge on any atom is -0.339 e. The van der Waals surface area contributed by atoms with Gasteiger partial charge in [0.2, 0.25) is 5.91 Å². The number of piperidine rings is 3. The van der Waals surface area contributed by atoms with Crippen molar-refractivity contribution in [3.05, 3.63) is 18.0 Å². The lowest BCUT2D eigenvalue weighted by Gasteiger charge is -2.48. The minimum atomic E-state index is 0.403. The van der Waals surface area contributed by atoms with E-state index in [0.717, 1.165) is 58.5 Å². The van der Waals surface area contributed by atoms with Gasteiger partial charge in [-0.25, -0.2) is 0 Å². The average Bonchev–Trinajstić information content (AvgIpc) is 3.03. The van der Waals surface area contributed by atoms with Crippen LogP contribution in [-0.4, -0.2) is 64.3 Å². The van der Waals surface area contributed by atoms with Crippen molar-refractivity contribution in [3.8, 4) is 0 Å². The highest BCUT2D eigenvalue weighted by atomic mass is 16.2. The van der Waals surface area contributed by atoms with Crippen LogP contribution in [0.5, 0.6) is 0 Å².